The Bertz CT molecular complexity index is 235. The molecule has 1 saturated heterocycles. The van der Waals surface area contributed by atoms with Crippen molar-refractivity contribution in [3.05, 3.63) is 0 Å². The molecule has 0 spiro atoms. The van der Waals surface area contributed by atoms with E-state index < -0.39 is 0 Å². The Labute approximate surface area is 84.4 Å². The molecule has 4 heteroatoms. The summed E-state index contributed by atoms with van der Waals surface area (Å²) >= 11 is 0. The summed E-state index contributed by atoms with van der Waals surface area (Å²) in [4.78, 5) is 13.1. The third-order valence-electron chi connectivity index (χ3n) is 2.22. The van der Waals surface area contributed by atoms with Crippen LogP contribution >= 0.6 is 0 Å². The van der Waals surface area contributed by atoms with Gasteiger partial charge < -0.3 is 15.4 Å². The SMILES string of the molecule is C#CC1CC(=O)N(CCOCCN)C1. The summed E-state index contributed by atoms with van der Waals surface area (Å²) in [7, 11) is 0. The number of amides is 1. The van der Waals surface area contributed by atoms with Crippen LogP contribution in [0.5, 0.6) is 0 Å². The van der Waals surface area contributed by atoms with Crippen molar-refractivity contribution in [1.29, 1.82) is 0 Å². The highest BCUT2D eigenvalue weighted by molar-refractivity contribution is 5.79. The van der Waals surface area contributed by atoms with E-state index >= 15 is 0 Å². The molecule has 0 radical (unpaired) electrons. The zero-order valence-corrected chi connectivity index (χ0v) is 8.24. The predicted molar refractivity (Wildman–Crippen MR) is 53.4 cm³/mol. The monoisotopic (exact) mass is 196 g/mol. The third kappa shape index (κ3) is 3.02. The lowest BCUT2D eigenvalue weighted by Gasteiger charge is -2.15. The van der Waals surface area contributed by atoms with E-state index in [1.807, 2.05) is 0 Å². The fraction of sp³-hybridized carbons (Fsp3) is 0.700. The van der Waals surface area contributed by atoms with E-state index in [1.54, 1.807) is 4.90 Å². The Morgan fingerprint density at radius 3 is 3.00 bits per heavy atom. The van der Waals surface area contributed by atoms with Crippen molar-refractivity contribution in [3.63, 3.8) is 0 Å². The van der Waals surface area contributed by atoms with Gasteiger partial charge in [0.1, 0.15) is 0 Å². The molecule has 1 atom stereocenters. The maximum absolute atomic E-state index is 11.4. The topological polar surface area (TPSA) is 55.6 Å². The Balaban J connectivity index is 2.19. The van der Waals surface area contributed by atoms with E-state index in [1.165, 1.54) is 0 Å². The van der Waals surface area contributed by atoms with E-state index in [9.17, 15) is 4.79 Å². The number of carbonyl (C=O) groups excluding carboxylic acids is 1. The van der Waals surface area contributed by atoms with Crippen molar-refractivity contribution < 1.29 is 9.53 Å². The Kier molecular flexibility index (Phi) is 4.44. The van der Waals surface area contributed by atoms with E-state index in [0.717, 1.165) is 0 Å². The second-order valence-corrected chi connectivity index (χ2v) is 3.31. The van der Waals surface area contributed by atoms with Crippen LogP contribution in [0.1, 0.15) is 6.42 Å². The molecule has 1 rings (SSSR count). The van der Waals surface area contributed by atoms with Gasteiger partial charge in [0, 0.05) is 32.0 Å². The Hall–Kier alpha value is -1.05. The number of carbonyl (C=O) groups is 1. The van der Waals surface area contributed by atoms with Crippen molar-refractivity contribution in [2.45, 2.75) is 6.42 Å². The van der Waals surface area contributed by atoms with Gasteiger partial charge in [-0.25, -0.2) is 0 Å². The molecule has 78 valence electrons. The van der Waals surface area contributed by atoms with Crippen molar-refractivity contribution in [2.75, 3.05) is 32.8 Å². The third-order valence-corrected chi connectivity index (χ3v) is 2.22. The highest BCUT2D eigenvalue weighted by Crippen LogP contribution is 2.15. The molecule has 0 aromatic heterocycles. The number of hydrogen-bond donors (Lipinski definition) is 1. The van der Waals surface area contributed by atoms with Crippen LogP contribution in [0.3, 0.4) is 0 Å². The maximum atomic E-state index is 11.4. The summed E-state index contributed by atoms with van der Waals surface area (Å²) in [5.41, 5.74) is 5.26. The van der Waals surface area contributed by atoms with Crippen LogP contribution in [0.4, 0.5) is 0 Å². The molecule has 0 bridgehead atoms. The summed E-state index contributed by atoms with van der Waals surface area (Å²) in [6, 6.07) is 0. The molecule has 0 aromatic rings. The first-order valence-corrected chi connectivity index (χ1v) is 4.79. The van der Waals surface area contributed by atoms with Crippen molar-refractivity contribution in [2.24, 2.45) is 11.7 Å². The lowest BCUT2D eigenvalue weighted by Crippen LogP contribution is -2.29. The lowest BCUT2D eigenvalue weighted by atomic mass is 10.1. The summed E-state index contributed by atoms with van der Waals surface area (Å²) in [6.07, 6.45) is 5.74. The van der Waals surface area contributed by atoms with Crippen LogP contribution in [-0.4, -0.2) is 43.7 Å². The van der Waals surface area contributed by atoms with E-state index in [4.69, 9.17) is 16.9 Å². The van der Waals surface area contributed by atoms with Crippen LogP contribution in [-0.2, 0) is 9.53 Å². The number of terminal acetylenes is 1. The summed E-state index contributed by atoms with van der Waals surface area (Å²) in [6.45, 7) is 2.89. The molecule has 4 nitrogen and oxygen atoms in total. The van der Waals surface area contributed by atoms with Crippen molar-refractivity contribution in [3.8, 4) is 12.3 Å². The number of ether oxygens (including phenoxy) is 1. The van der Waals surface area contributed by atoms with Crippen LogP contribution < -0.4 is 5.73 Å². The van der Waals surface area contributed by atoms with Gasteiger partial charge >= 0.3 is 0 Å². The molecule has 0 aromatic carbocycles. The van der Waals surface area contributed by atoms with Gasteiger partial charge in [0.25, 0.3) is 0 Å². The molecular formula is C10H16N2O2. The first-order valence-electron chi connectivity index (χ1n) is 4.79. The summed E-state index contributed by atoms with van der Waals surface area (Å²) < 4.78 is 5.19. The summed E-state index contributed by atoms with van der Waals surface area (Å²) in [5.74, 6) is 2.81. The second-order valence-electron chi connectivity index (χ2n) is 3.31. The standard InChI is InChI=1S/C10H16N2O2/c1-2-9-7-10(13)12(8-9)4-6-14-5-3-11/h1,9H,3-8,11H2. The number of rotatable bonds is 5. The molecule has 2 N–H and O–H groups in total. The van der Waals surface area contributed by atoms with Gasteiger partial charge in [-0.15, -0.1) is 12.3 Å². The minimum atomic E-state index is 0.0806. The minimum absolute atomic E-state index is 0.0806. The molecule has 1 heterocycles. The van der Waals surface area contributed by atoms with Crippen molar-refractivity contribution in [1.82, 2.24) is 4.90 Å². The fourth-order valence-electron chi connectivity index (χ4n) is 1.46. The van der Waals surface area contributed by atoms with E-state index in [0.29, 0.717) is 39.3 Å². The zero-order chi connectivity index (χ0) is 10.4. The van der Waals surface area contributed by atoms with Crippen LogP contribution in [0.2, 0.25) is 0 Å². The van der Waals surface area contributed by atoms with Crippen LogP contribution in [0.15, 0.2) is 0 Å². The van der Waals surface area contributed by atoms with Gasteiger partial charge in [-0.2, -0.15) is 0 Å². The number of nitrogens with zero attached hydrogens (tertiary/aromatic N) is 1. The molecule has 1 amide bonds. The maximum Gasteiger partial charge on any atom is 0.224 e. The molecular weight excluding hydrogens is 180 g/mol. The molecule has 0 saturated carbocycles. The quantitative estimate of drug-likeness (QED) is 0.474. The number of hydrogen-bond acceptors (Lipinski definition) is 3. The molecule has 1 unspecified atom stereocenters. The number of nitrogens with two attached hydrogens (primary N) is 1. The van der Waals surface area contributed by atoms with Gasteiger partial charge in [-0.05, 0) is 0 Å². The smallest absolute Gasteiger partial charge is 0.224 e. The van der Waals surface area contributed by atoms with E-state index in [-0.39, 0.29) is 11.8 Å². The van der Waals surface area contributed by atoms with Crippen molar-refractivity contribution >= 4 is 5.91 Å². The van der Waals surface area contributed by atoms with Gasteiger partial charge in [-0.3, -0.25) is 4.79 Å². The van der Waals surface area contributed by atoms with E-state index in [2.05, 4.69) is 5.92 Å². The average molecular weight is 196 g/mol. The minimum Gasteiger partial charge on any atom is -0.378 e. The zero-order valence-electron chi connectivity index (χ0n) is 8.24. The highest BCUT2D eigenvalue weighted by atomic mass is 16.5. The van der Waals surface area contributed by atoms with Gasteiger partial charge in [0.15, 0.2) is 0 Å². The average Bonchev–Trinajstić information content (AvgIpc) is 2.54. The highest BCUT2D eigenvalue weighted by Gasteiger charge is 2.27. The molecule has 14 heavy (non-hydrogen) atoms. The summed E-state index contributed by atoms with van der Waals surface area (Å²) in [5, 5.41) is 0. The molecule has 1 fully saturated rings. The van der Waals surface area contributed by atoms with Gasteiger partial charge in [-0.1, -0.05) is 0 Å². The molecule has 1 aliphatic rings. The Morgan fingerprint density at radius 2 is 2.43 bits per heavy atom. The largest absolute Gasteiger partial charge is 0.378 e. The first-order chi connectivity index (χ1) is 6.77. The first kappa shape index (κ1) is 11.0. The fourth-order valence-corrected chi connectivity index (χ4v) is 1.46. The molecule has 0 aliphatic carbocycles. The van der Waals surface area contributed by atoms with Crippen LogP contribution in [0, 0.1) is 18.3 Å². The molecule has 1 aliphatic heterocycles. The van der Waals surface area contributed by atoms with Gasteiger partial charge in [0.2, 0.25) is 5.91 Å². The van der Waals surface area contributed by atoms with Crippen LogP contribution in [0.25, 0.3) is 0 Å². The number of likely N-dealkylation sites (tertiary alicyclic amines) is 1. The second kappa shape index (κ2) is 5.63. The van der Waals surface area contributed by atoms with Gasteiger partial charge in [0.05, 0.1) is 13.2 Å². The lowest BCUT2D eigenvalue weighted by molar-refractivity contribution is -0.128. The normalized spacial score (nSPS) is 21.3. The predicted octanol–water partition coefficient (Wildman–Crippen LogP) is -0.557. The Morgan fingerprint density at radius 1 is 1.64 bits per heavy atom.